The zero-order valence-electron chi connectivity index (χ0n) is 27.7. The maximum absolute atomic E-state index is 2.48. The lowest BCUT2D eigenvalue weighted by molar-refractivity contribution is 0.661. The molecule has 0 heterocycles. The van der Waals surface area contributed by atoms with Gasteiger partial charge in [-0.1, -0.05) is 172 Å². The van der Waals surface area contributed by atoms with E-state index in [9.17, 15) is 0 Å². The molecule has 9 aromatic carbocycles. The van der Waals surface area contributed by atoms with Crippen LogP contribution in [-0.2, 0) is 5.41 Å². The summed E-state index contributed by atoms with van der Waals surface area (Å²) in [5, 5.41) is 10.2. The fourth-order valence-corrected chi connectivity index (χ4v) is 8.72. The van der Waals surface area contributed by atoms with E-state index in [1.165, 1.54) is 98.7 Å². The largest absolute Gasteiger partial charge is 0.0616 e. The van der Waals surface area contributed by atoms with Crippen LogP contribution in [0.25, 0.3) is 87.6 Å². The van der Waals surface area contributed by atoms with E-state index in [1.54, 1.807) is 0 Å². The van der Waals surface area contributed by atoms with Gasteiger partial charge in [0.05, 0.1) is 0 Å². The molecule has 49 heavy (non-hydrogen) atoms. The first-order valence-electron chi connectivity index (χ1n) is 17.3. The average molecular weight is 623 g/mol. The van der Waals surface area contributed by atoms with E-state index in [4.69, 9.17) is 0 Å². The van der Waals surface area contributed by atoms with Crippen LogP contribution in [-0.4, -0.2) is 0 Å². The standard InChI is InChI=1S/C49H34/c1-49(2)44-27-26-35(30-43(44)48-37-17-6-5-14-32(37)25-28-45(48)49)46-39-19-9-11-21-41(39)47(42-22-12-10-20-40(42)46)38-18-8-7-16-36(38)34-24-23-31-13-3-4-15-33(31)29-34/h3-30H,1-2H3. The third-order valence-electron chi connectivity index (χ3n) is 11.0. The number of rotatable bonds is 3. The minimum atomic E-state index is -0.0618. The van der Waals surface area contributed by atoms with Crippen LogP contribution >= 0.6 is 0 Å². The quantitative estimate of drug-likeness (QED) is 0.172. The first kappa shape index (κ1) is 28.1. The van der Waals surface area contributed by atoms with E-state index in [2.05, 4.69) is 184 Å². The molecular weight excluding hydrogens is 589 g/mol. The minimum absolute atomic E-state index is 0.0618. The normalized spacial score (nSPS) is 13.3. The second-order valence-electron chi connectivity index (χ2n) is 14.0. The van der Waals surface area contributed by atoms with Crippen LogP contribution in [0.4, 0.5) is 0 Å². The molecule has 0 N–H and O–H groups in total. The number of benzene rings is 9. The summed E-state index contributed by atoms with van der Waals surface area (Å²) in [6, 6.07) is 63.2. The van der Waals surface area contributed by atoms with Gasteiger partial charge >= 0.3 is 0 Å². The molecule has 0 unspecified atom stereocenters. The van der Waals surface area contributed by atoms with Gasteiger partial charge in [-0.3, -0.25) is 0 Å². The van der Waals surface area contributed by atoms with Crippen LogP contribution < -0.4 is 0 Å². The molecule has 1 aliphatic carbocycles. The molecule has 0 atom stereocenters. The van der Waals surface area contributed by atoms with Gasteiger partial charge < -0.3 is 0 Å². The van der Waals surface area contributed by atoms with Crippen molar-refractivity contribution in [2.45, 2.75) is 19.3 Å². The van der Waals surface area contributed by atoms with Crippen molar-refractivity contribution in [1.29, 1.82) is 0 Å². The Morgan fingerprint density at radius 3 is 1.53 bits per heavy atom. The van der Waals surface area contributed by atoms with Crippen LogP contribution in [0.3, 0.4) is 0 Å². The topological polar surface area (TPSA) is 0 Å². The number of fused-ring (bicyclic) bond motifs is 8. The van der Waals surface area contributed by atoms with Crippen LogP contribution in [0.15, 0.2) is 170 Å². The van der Waals surface area contributed by atoms with Gasteiger partial charge in [-0.05, 0) is 111 Å². The Morgan fingerprint density at radius 2 is 0.816 bits per heavy atom. The Kier molecular flexibility index (Phi) is 6.02. The summed E-state index contributed by atoms with van der Waals surface area (Å²) in [4.78, 5) is 0. The van der Waals surface area contributed by atoms with Gasteiger partial charge in [0, 0.05) is 5.41 Å². The Bertz CT molecular complexity index is 2740. The predicted octanol–water partition coefficient (Wildman–Crippen LogP) is 13.6. The van der Waals surface area contributed by atoms with Crippen LogP contribution in [0.5, 0.6) is 0 Å². The van der Waals surface area contributed by atoms with Gasteiger partial charge in [0.25, 0.3) is 0 Å². The Morgan fingerprint density at radius 1 is 0.306 bits per heavy atom. The van der Waals surface area contributed by atoms with Crippen molar-refractivity contribution >= 4 is 43.1 Å². The summed E-state index contributed by atoms with van der Waals surface area (Å²) < 4.78 is 0. The molecule has 0 aromatic heterocycles. The lowest BCUT2D eigenvalue weighted by atomic mass is 9.81. The van der Waals surface area contributed by atoms with Crippen molar-refractivity contribution < 1.29 is 0 Å². The van der Waals surface area contributed by atoms with Gasteiger partial charge in [-0.15, -0.1) is 0 Å². The van der Waals surface area contributed by atoms with Crippen molar-refractivity contribution in [1.82, 2.24) is 0 Å². The molecule has 9 aromatic rings. The van der Waals surface area contributed by atoms with Crippen LogP contribution in [0, 0.1) is 0 Å². The van der Waals surface area contributed by atoms with E-state index in [0.29, 0.717) is 0 Å². The first-order valence-corrected chi connectivity index (χ1v) is 17.3. The lowest BCUT2D eigenvalue weighted by Gasteiger charge is -2.22. The van der Waals surface area contributed by atoms with Crippen molar-refractivity contribution in [2.75, 3.05) is 0 Å². The molecule has 230 valence electrons. The van der Waals surface area contributed by atoms with Gasteiger partial charge in [0.15, 0.2) is 0 Å². The Hall–Kier alpha value is -5.98. The van der Waals surface area contributed by atoms with Crippen molar-refractivity contribution in [3.63, 3.8) is 0 Å². The highest BCUT2D eigenvalue weighted by molar-refractivity contribution is 6.22. The lowest BCUT2D eigenvalue weighted by Crippen LogP contribution is -2.14. The molecule has 0 nitrogen and oxygen atoms in total. The molecule has 0 amide bonds. The fourth-order valence-electron chi connectivity index (χ4n) is 8.72. The summed E-state index contributed by atoms with van der Waals surface area (Å²) in [5.41, 5.74) is 13.1. The second-order valence-corrected chi connectivity index (χ2v) is 14.0. The summed E-state index contributed by atoms with van der Waals surface area (Å²) in [6.45, 7) is 4.75. The van der Waals surface area contributed by atoms with Gasteiger partial charge in [-0.2, -0.15) is 0 Å². The number of hydrogen-bond acceptors (Lipinski definition) is 0. The van der Waals surface area contributed by atoms with Crippen LogP contribution in [0.1, 0.15) is 25.0 Å². The van der Waals surface area contributed by atoms with Crippen molar-refractivity contribution in [2.24, 2.45) is 0 Å². The predicted molar refractivity (Wildman–Crippen MR) is 210 cm³/mol. The highest BCUT2D eigenvalue weighted by atomic mass is 14.4. The molecule has 0 aliphatic heterocycles. The van der Waals surface area contributed by atoms with Gasteiger partial charge in [0.1, 0.15) is 0 Å². The fraction of sp³-hybridized carbons (Fsp3) is 0.0612. The maximum Gasteiger partial charge on any atom is 0.0159 e. The molecule has 10 rings (SSSR count). The third kappa shape index (κ3) is 4.11. The highest BCUT2D eigenvalue weighted by Gasteiger charge is 2.36. The highest BCUT2D eigenvalue weighted by Crippen LogP contribution is 2.53. The van der Waals surface area contributed by atoms with Crippen molar-refractivity contribution in [3.05, 3.63) is 181 Å². The van der Waals surface area contributed by atoms with E-state index in [-0.39, 0.29) is 5.41 Å². The molecule has 0 saturated carbocycles. The zero-order chi connectivity index (χ0) is 32.7. The van der Waals surface area contributed by atoms with E-state index >= 15 is 0 Å². The molecule has 1 aliphatic rings. The van der Waals surface area contributed by atoms with Gasteiger partial charge in [0.2, 0.25) is 0 Å². The summed E-state index contributed by atoms with van der Waals surface area (Å²) in [6.07, 6.45) is 0. The summed E-state index contributed by atoms with van der Waals surface area (Å²) in [7, 11) is 0. The first-order chi connectivity index (χ1) is 24.1. The number of hydrogen-bond donors (Lipinski definition) is 0. The Labute approximate surface area is 286 Å². The Balaban J connectivity index is 1.25. The third-order valence-corrected chi connectivity index (χ3v) is 11.0. The molecule has 0 spiro atoms. The zero-order valence-corrected chi connectivity index (χ0v) is 27.7. The molecular formula is C49H34. The summed E-state index contributed by atoms with van der Waals surface area (Å²) in [5.74, 6) is 0. The minimum Gasteiger partial charge on any atom is -0.0616 e. The van der Waals surface area contributed by atoms with E-state index in [1.807, 2.05) is 0 Å². The van der Waals surface area contributed by atoms with E-state index < -0.39 is 0 Å². The van der Waals surface area contributed by atoms with E-state index in [0.717, 1.165) is 0 Å². The van der Waals surface area contributed by atoms with Gasteiger partial charge in [-0.25, -0.2) is 0 Å². The molecule has 0 bridgehead atoms. The second kappa shape index (κ2) is 10.5. The average Bonchev–Trinajstić information content (AvgIpc) is 3.39. The molecule has 0 radical (unpaired) electrons. The van der Waals surface area contributed by atoms with Crippen molar-refractivity contribution in [3.8, 4) is 44.5 Å². The molecule has 0 saturated heterocycles. The monoisotopic (exact) mass is 622 g/mol. The maximum atomic E-state index is 2.48. The van der Waals surface area contributed by atoms with Crippen LogP contribution in [0.2, 0.25) is 0 Å². The summed E-state index contributed by atoms with van der Waals surface area (Å²) >= 11 is 0. The molecule has 0 fully saturated rings. The smallest absolute Gasteiger partial charge is 0.0159 e. The SMILES string of the molecule is CC1(C)c2ccc(-c3c4ccccc4c(-c4ccccc4-c4ccc5ccccc5c4)c4ccccc34)cc2-c2c1ccc1ccccc21. The molecule has 0 heteroatoms.